The van der Waals surface area contributed by atoms with Crippen molar-refractivity contribution in [3.8, 4) is 0 Å². The van der Waals surface area contributed by atoms with Crippen LogP contribution in [0.3, 0.4) is 0 Å². The summed E-state index contributed by atoms with van der Waals surface area (Å²) in [7, 11) is -2.28. The van der Waals surface area contributed by atoms with Crippen molar-refractivity contribution in [2.75, 3.05) is 0 Å². The zero-order valence-corrected chi connectivity index (χ0v) is 15.9. The topological polar surface area (TPSA) is 57.3 Å². The number of ether oxygens (including phenoxy) is 2. The van der Waals surface area contributed by atoms with E-state index in [4.69, 9.17) is 18.3 Å². The van der Waals surface area contributed by atoms with Crippen LogP contribution in [0.15, 0.2) is 10.6 Å². The molecule has 2 rings (SSSR count). The van der Waals surface area contributed by atoms with Gasteiger partial charge in [0.05, 0.1) is 11.7 Å². The van der Waals surface area contributed by atoms with E-state index in [0.29, 0.717) is 0 Å². The summed E-state index contributed by atoms with van der Waals surface area (Å²) in [4.78, 5) is 11.1. The van der Waals surface area contributed by atoms with Gasteiger partial charge >= 0.3 is 14.5 Å². The van der Waals surface area contributed by atoms with Crippen molar-refractivity contribution in [1.82, 2.24) is 0 Å². The molecule has 0 aromatic rings. The minimum atomic E-state index is -2.28. The predicted molar refractivity (Wildman–Crippen MR) is 84.4 cm³/mol. The fourth-order valence-electron chi connectivity index (χ4n) is 2.64. The van der Waals surface area contributed by atoms with E-state index >= 15 is 0 Å². The summed E-state index contributed by atoms with van der Waals surface area (Å²) < 4.78 is 23.9. The van der Waals surface area contributed by atoms with Crippen LogP contribution in [0.2, 0.25) is 13.1 Å². The SMILES string of the molecule is CC(=O)O[C@H]1C(Br)=C[C@@H](O[Si](C)(C)OC(C)(C)C)[C@@H]2O[C@@H]21. The normalized spacial score (nSPS) is 32.2. The molecule has 1 aliphatic heterocycles. The average Bonchev–Trinajstić information content (AvgIpc) is 2.98. The van der Waals surface area contributed by atoms with Gasteiger partial charge in [-0.3, -0.25) is 4.79 Å². The minimum absolute atomic E-state index is 0.0639. The lowest BCUT2D eigenvalue weighted by atomic mass is 10.0. The van der Waals surface area contributed by atoms with Gasteiger partial charge in [-0.15, -0.1) is 0 Å². The number of carbonyl (C=O) groups is 1. The van der Waals surface area contributed by atoms with Crippen LogP contribution in [0, 0.1) is 0 Å². The third kappa shape index (κ3) is 4.63. The first-order valence-electron chi connectivity index (χ1n) is 7.06. The summed E-state index contributed by atoms with van der Waals surface area (Å²) in [5.41, 5.74) is -0.241. The molecule has 1 fully saturated rings. The third-order valence-corrected chi connectivity index (χ3v) is 5.70. The molecule has 0 aromatic carbocycles. The van der Waals surface area contributed by atoms with Gasteiger partial charge in [0.1, 0.15) is 12.2 Å². The van der Waals surface area contributed by atoms with Gasteiger partial charge in [0, 0.05) is 11.4 Å². The molecule has 120 valence electrons. The van der Waals surface area contributed by atoms with Gasteiger partial charge < -0.3 is 18.3 Å². The summed E-state index contributed by atoms with van der Waals surface area (Å²) >= 11 is 3.46. The van der Waals surface area contributed by atoms with Crippen molar-refractivity contribution >= 4 is 30.5 Å². The molecule has 1 heterocycles. The standard InChI is InChI=1S/C14H23BrO5Si/c1-8(16)17-11-9(15)7-10(12-13(11)18-12)19-21(5,6)20-14(2,3)4/h7,10-13H,1-6H3/t10-,11+,12+,13-/m1/s1. The molecule has 2 aliphatic rings. The Hall–Kier alpha value is -0.213. The van der Waals surface area contributed by atoms with Crippen molar-refractivity contribution in [2.24, 2.45) is 0 Å². The van der Waals surface area contributed by atoms with Crippen molar-refractivity contribution < 1.29 is 23.1 Å². The largest absolute Gasteiger partial charge is 0.454 e. The summed E-state index contributed by atoms with van der Waals surface area (Å²) in [6.45, 7) is 11.5. The highest BCUT2D eigenvalue weighted by molar-refractivity contribution is 9.11. The van der Waals surface area contributed by atoms with Crippen LogP contribution >= 0.6 is 15.9 Å². The highest BCUT2D eigenvalue weighted by Gasteiger charge is 2.56. The molecule has 0 bridgehead atoms. The molecule has 1 saturated heterocycles. The lowest BCUT2D eigenvalue weighted by Gasteiger charge is -2.34. The number of carbonyl (C=O) groups excluding carboxylic acids is 1. The zero-order chi connectivity index (χ0) is 16.0. The van der Waals surface area contributed by atoms with Crippen LogP contribution in [-0.2, 0) is 23.1 Å². The van der Waals surface area contributed by atoms with Crippen LogP contribution in [-0.4, -0.2) is 44.5 Å². The predicted octanol–water partition coefficient (Wildman–Crippen LogP) is 2.88. The second-order valence-corrected chi connectivity index (χ2v) is 11.0. The summed E-state index contributed by atoms with van der Waals surface area (Å²) in [6, 6.07) is 0. The fourth-order valence-corrected chi connectivity index (χ4v) is 5.63. The van der Waals surface area contributed by atoms with E-state index in [1.54, 1.807) is 0 Å². The molecular weight excluding hydrogens is 356 g/mol. The first-order chi connectivity index (χ1) is 9.48. The Morgan fingerprint density at radius 3 is 2.48 bits per heavy atom. The Labute approximate surface area is 135 Å². The molecule has 5 nitrogen and oxygen atoms in total. The minimum Gasteiger partial charge on any atom is -0.454 e. The molecule has 1 aliphatic carbocycles. The molecule has 4 atom stereocenters. The van der Waals surface area contributed by atoms with E-state index in [1.165, 1.54) is 6.92 Å². The average molecular weight is 379 g/mol. The Morgan fingerprint density at radius 2 is 1.95 bits per heavy atom. The van der Waals surface area contributed by atoms with Crippen LogP contribution in [0.4, 0.5) is 0 Å². The Balaban J connectivity index is 2.03. The highest BCUT2D eigenvalue weighted by atomic mass is 79.9. The van der Waals surface area contributed by atoms with Gasteiger partial charge in [0.2, 0.25) is 0 Å². The molecular formula is C14H23BrO5Si. The molecule has 0 saturated carbocycles. The lowest BCUT2D eigenvalue weighted by Crippen LogP contribution is -2.47. The van der Waals surface area contributed by atoms with E-state index < -0.39 is 8.56 Å². The second-order valence-electron chi connectivity index (χ2n) is 6.84. The Bertz CT molecular complexity index is 457. The first kappa shape index (κ1) is 17.1. The van der Waals surface area contributed by atoms with Crippen molar-refractivity contribution in [3.05, 3.63) is 10.6 Å². The molecule has 21 heavy (non-hydrogen) atoms. The van der Waals surface area contributed by atoms with Crippen molar-refractivity contribution in [3.63, 3.8) is 0 Å². The maximum Gasteiger partial charge on any atom is 0.332 e. The lowest BCUT2D eigenvalue weighted by molar-refractivity contribution is -0.145. The molecule has 0 amide bonds. The number of epoxide rings is 1. The van der Waals surface area contributed by atoms with E-state index in [2.05, 4.69) is 15.9 Å². The summed E-state index contributed by atoms with van der Waals surface area (Å²) in [5.74, 6) is -0.315. The molecule has 0 N–H and O–H groups in total. The monoisotopic (exact) mass is 378 g/mol. The Morgan fingerprint density at radius 1 is 1.33 bits per heavy atom. The van der Waals surface area contributed by atoms with Gasteiger partial charge in [0.15, 0.2) is 6.10 Å². The zero-order valence-electron chi connectivity index (χ0n) is 13.3. The molecule has 0 aromatic heterocycles. The van der Waals surface area contributed by atoms with E-state index in [0.717, 1.165) is 4.48 Å². The molecule has 0 spiro atoms. The van der Waals surface area contributed by atoms with Crippen molar-refractivity contribution in [1.29, 1.82) is 0 Å². The molecule has 7 heteroatoms. The van der Waals surface area contributed by atoms with Gasteiger partial charge in [-0.1, -0.05) is 15.9 Å². The number of hydrogen-bond donors (Lipinski definition) is 0. The number of halogens is 1. The third-order valence-electron chi connectivity index (χ3n) is 3.04. The van der Waals surface area contributed by atoms with Crippen LogP contribution in [0.25, 0.3) is 0 Å². The summed E-state index contributed by atoms with van der Waals surface area (Å²) in [5, 5.41) is 0. The molecule has 0 unspecified atom stereocenters. The van der Waals surface area contributed by atoms with E-state index in [-0.39, 0.29) is 36.0 Å². The van der Waals surface area contributed by atoms with Gasteiger partial charge in [-0.25, -0.2) is 0 Å². The number of rotatable bonds is 4. The van der Waals surface area contributed by atoms with Gasteiger partial charge in [0.25, 0.3) is 0 Å². The smallest absolute Gasteiger partial charge is 0.332 e. The maximum absolute atomic E-state index is 11.1. The Kier molecular flexibility index (Phi) is 4.71. The number of fused-ring (bicyclic) bond motifs is 1. The second kappa shape index (κ2) is 5.77. The maximum atomic E-state index is 11.1. The van der Waals surface area contributed by atoms with Gasteiger partial charge in [-0.05, 0) is 39.9 Å². The van der Waals surface area contributed by atoms with E-state index in [9.17, 15) is 4.79 Å². The van der Waals surface area contributed by atoms with Crippen LogP contribution < -0.4 is 0 Å². The van der Waals surface area contributed by atoms with Gasteiger partial charge in [-0.2, -0.15) is 0 Å². The van der Waals surface area contributed by atoms with Crippen LogP contribution in [0.5, 0.6) is 0 Å². The van der Waals surface area contributed by atoms with Crippen LogP contribution in [0.1, 0.15) is 27.7 Å². The summed E-state index contributed by atoms with van der Waals surface area (Å²) in [6.07, 6.45) is 1.20. The first-order valence-corrected chi connectivity index (χ1v) is 10.7. The highest BCUT2D eigenvalue weighted by Crippen LogP contribution is 2.42. The quantitative estimate of drug-likeness (QED) is 0.427. The number of esters is 1. The van der Waals surface area contributed by atoms with Crippen molar-refractivity contribution in [2.45, 2.75) is 70.8 Å². The fraction of sp³-hybridized carbons (Fsp3) is 0.786. The number of hydrogen-bond acceptors (Lipinski definition) is 5. The van der Waals surface area contributed by atoms with E-state index in [1.807, 2.05) is 39.9 Å². The molecule has 0 radical (unpaired) electrons.